The quantitative estimate of drug-likeness (QED) is 0.828. The highest BCUT2D eigenvalue weighted by Gasteiger charge is 2.31. The molecular formula is C13H15F3N2O5S. The van der Waals surface area contributed by atoms with Crippen LogP contribution in [0.2, 0.25) is 0 Å². The van der Waals surface area contributed by atoms with Crippen molar-refractivity contribution in [3.63, 3.8) is 0 Å². The molecule has 1 aliphatic rings. The van der Waals surface area contributed by atoms with Gasteiger partial charge in [0.15, 0.2) is 0 Å². The molecule has 1 amide bonds. The Morgan fingerprint density at radius 1 is 1.21 bits per heavy atom. The number of benzene rings is 1. The summed E-state index contributed by atoms with van der Waals surface area (Å²) < 4.78 is 71.1. The van der Waals surface area contributed by atoms with Crippen LogP contribution < -0.4 is 9.46 Å². The first-order valence-electron chi connectivity index (χ1n) is 6.88. The number of carbonyl (C=O) groups is 1. The lowest BCUT2D eigenvalue weighted by molar-refractivity contribution is -0.274. The van der Waals surface area contributed by atoms with Gasteiger partial charge in [-0.15, -0.1) is 13.2 Å². The van der Waals surface area contributed by atoms with Crippen LogP contribution in [0.4, 0.5) is 13.2 Å². The van der Waals surface area contributed by atoms with Crippen LogP contribution in [0.5, 0.6) is 5.75 Å². The second-order valence-corrected chi connectivity index (χ2v) is 6.60. The van der Waals surface area contributed by atoms with E-state index in [-0.39, 0.29) is 4.90 Å². The molecule has 0 aliphatic carbocycles. The van der Waals surface area contributed by atoms with Crippen molar-refractivity contribution < 1.29 is 35.9 Å². The lowest BCUT2D eigenvalue weighted by Gasteiger charge is -2.26. The molecule has 2 rings (SSSR count). The second kappa shape index (κ2) is 7.36. The number of nitrogens with one attached hydrogen (secondary N) is 1. The number of amides is 1. The Bertz CT molecular complexity index is 670. The fraction of sp³-hybridized carbons (Fsp3) is 0.462. The molecule has 7 nitrogen and oxygen atoms in total. The number of halogens is 3. The molecule has 1 fully saturated rings. The molecule has 134 valence electrons. The number of morpholine rings is 1. The van der Waals surface area contributed by atoms with Crippen molar-refractivity contribution in [1.29, 1.82) is 0 Å². The lowest BCUT2D eigenvalue weighted by Crippen LogP contribution is -2.45. The third-order valence-electron chi connectivity index (χ3n) is 3.14. The van der Waals surface area contributed by atoms with Crippen molar-refractivity contribution in [2.75, 3.05) is 32.8 Å². The third-order valence-corrected chi connectivity index (χ3v) is 4.56. The van der Waals surface area contributed by atoms with Crippen molar-refractivity contribution in [3.8, 4) is 5.75 Å². The summed E-state index contributed by atoms with van der Waals surface area (Å²) in [5.74, 6) is -0.940. The van der Waals surface area contributed by atoms with Crippen molar-refractivity contribution in [2.24, 2.45) is 0 Å². The molecule has 1 aliphatic heterocycles. The Labute approximate surface area is 136 Å². The fourth-order valence-electron chi connectivity index (χ4n) is 1.99. The number of hydrogen-bond acceptors (Lipinski definition) is 5. The van der Waals surface area contributed by atoms with E-state index in [4.69, 9.17) is 4.74 Å². The zero-order valence-corrected chi connectivity index (χ0v) is 13.2. The molecule has 0 saturated carbocycles. The summed E-state index contributed by atoms with van der Waals surface area (Å²) in [5, 5.41) is 0. The smallest absolute Gasteiger partial charge is 0.406 e. The average molecular weight is 368 g/mol. The Morgan fingerprint density at radius 3 is 2.33 bits per heavy atom. The van der Waals surface area contributed by atoms with Gasteiger partial charge in [-0.05, 0) is 24.3 Å². The van der Waals surface area contributed by atoms with Crippen molar-refractivity contribution in [3.05, 3.63) is 24.3 Å². The molecule has 0 radical (unpaired) electrons. The standard InChI is InChI=1S/C13H15F3N2O5S/c14-13(15,16)23-10-1-3-11(4-2-10)24(20,21)17-9-12(19)18-5-7-22-8-6-18/h1-4,17H,5-9H2. The number of carbonyl (C=O) groups excluding carboxylic acids is 1. The van der Waals surface area contributed by atoms with Crippen LogP contribution in [0, 0.1) is 0 Å². The molecule has 0 aromatic heterocycles. The Morgan fingerprint density at radius 2 is 1.79 bits per heavy atom. The topological polar surface area (TPSA) is 84.9 Å². The minimum absolute atomic E-state index is 0.271. The minimum atomic E-state index is -4.86. The van der Waals surface area contributed by atoms with Gasteiger partial charge in [0.05, 0.1) is 24.7 Å². The van der Waals surface area contributed by atoms with Crippen LogP contribution in [0.15, 0.2) is 29.2 Å². The molecule has 0 atom stereocenters. The molecule has 0 bridgehead atoms. The first-order valence-corrected chi connectivity index (χ1v) is 8.37. The SMILES string of the molecule is O=C(CNS(=O)(=O)c1ccc(OC(F)(F)F)cc1)N1CCOCC1. The van der Waals surface area contributed by atoms with E-state index in [1.165, 1.54) is 4.90 Å². The number of alkyl halides is 3. The van der Waals surface area contributed by atoms with Gasteiger partial charge >= 0.3 is 6.36 Å². The zero-order valence-electron chi connectivity index (χ0n) is 12.4. The molecular weight excluding hydrogens is 353 g/mol. The minimum Gasteiger partial charge on any atom is -0.406 e. The van der Waals surface area contributed by atoms with E-state index in [9.17, 15) is 26.4 Å². The third kappa shape index (κ3) is 5.35. The average Bonchev–Trinajstić information content (AvgIpc) is 2.52. The normalized spacial score (nSPS) is 16.0. The summed E-state index contributed by atoms with van der Waals surface area (Å²) in [5.41, 5.74) is 0. The van der Waals surface area contributed by atoms with E-state index in [1.807, 2.05) is 0 Å². The van der Waals surface area contributed by atoms with Crippen LogP contribution in [0.3, 0.4) is 0 Å². The van der Waals surface area contributed by atoms with E-state index in [1.54, 1.807) is 0 Å². The molecule has 24 heavy (non-hydrogen) atoms. The molecule has 1 saturated heterocycles. The Hall–Kier alpha value is -1.85. The first kappa shape index (κ1) is 18.5. The van der Waals surface area contributed by atoms with Gasteiger partial charge in [0.1, 0.15) is 5.75 Å². The molecule has 1 aromatic carbocycles. The summed E-state index contributed by atoms with van der Waals surface area (Å²) in [4.78, 5) is 13.1. The second-order valence-electron chi connectivity index (χ2n) is 4.84. The molecule has 11 heteroatoms. The molecule has 1 aromatic rings. The predicted octanol–water partition coefficient (Wildman–Crippen LogP) is 0.722. The van der Waals surface area contributed by atoms with Crippen LogP contribution in [-0.4, -0.2) is 58.4 Å². The van der Waals surface area contributed by atoms with Gasteiger partial charge in [-0.3, -0.25) is 4.79 Å². The van der Waals surface area contributed by atoms with E-state index in [0.29, 0.717) is 26.3 Å². The monoisotopic (exact) mass is 368 g/mol. The summed E-state index contributed by atoms with van der Waals surface area (Å²) >= 11 is 0. The van der Waals surface area contributed by atoms with Crippen molar-refractivity contribution >= 4 is 15.9 Å². The largest absolute Gasteiger partial charge is 0.573 e. The van der Waals surface area contributed by atoms with Gasteiger partial charge < -0.3 is 14.4 Å². The Kier molecular flexibility index (Phi) is 5.67. The van der Waals surface area contributed by atoms with Crippen molar-refractivity contribution in [2.45, 2.75) is 11.3 Å². The van der Waals surface area contributed by atoms with E-state index < -0.39 is 34.6 Å². The van der Waals surface area contributed by atoms with Gasteiger partial charge in [-0.1, -0.05) is 0 Å². The number of nitrogens with zero attached hydrogens (tertiary/aromatic N) is 1. The summed E-state index contributed by atoms with van der Waals surface area (Å²) in [7, 11) is -4.02. The Balaban J connectivity index is 1.95. The number of ether oxygens (including phenoxy) is 2. The highest BCUT2D eigenvalue weighted by molar-refractivity contribution is 7.89. The maximum atomic E-state index is 12.1. The van der Waals surface area contributed by atoms with E-state index >= 15 is 0 Å². The van der Waals surface area contributed by atoms with Gasteiger partial charge in [0, 0.05) is 13.1 Å². The summed E-state index contributed by atoms with van der Waals surface area (Å²) in [6.07, 6.45) is -4.86. The number of sulfonamides is 1. The van der Waals surface area contributed by atoms with Crippen LogP contribution in [-0.2, 0) is 19.6 Å². The molecule has 0 unspecified atom stereocenters. The van der Waals surface area contributed by atoms with Gasteiger partial charge in [0.25, 0.3) is 0 Å². The van der Waals surface area contributed by atoms with Crippen LogP contribution in [0.25, 0.3) is 0 Å². The number of rotatable bonds is 5. The van der Waals surface area contributed by atoms with Crippen LogP contribution >= 0.6 is 0 Å². The summed E-state index contributed by atoms with van der Waals surface area (Å²) in [6.45, 7) is 1.09. The highest BCUT2D eigenvalue weighted by Crippen LogP contribution is 2.23. The molecule has 0 spiro atoms. The molecule has 1 N–H and O–H groups in total. The van der Waals surface area contributed by atoms with Gasteiger partial charge in [0.2, 0.25) is 15.9 Å². The van der Waals surface area contributed by atoms with Crippen molar-refractivity contribution in [1.82, 2.24) is 9.62 Å². The maximum Gasteiger partial charge on any atom is 0.573 e. The first-order chi connectivity index (χ1) is 11.2. The van der Waals surface area contributed by atoms with Gasteiger partial charge in [-0.25, -0.2) is 13.1 Å². The van der Waals surface area contributed by atoms with E-state index in [2.05, 4.69) is 9.46 Å². The lowest BCUT2D eigenvalue weighted by atomic mass is 10.3. The summed E-state index contributed by atoms with van der Waals surface area (Å²) in [6, 6.07) is 3.68. The molecule has 1 heterocycles. The highest BCUT2D eigenvalue weighted by atomic mass is 32.2. The van der Waals surface area contributed by atoms with Crippen LogP contribution in [0.1, 0.15) is 0 Å². The number of hydrogen-bond donors (Lipinski definition) is 1. The van der Waals surface area contributed by atoms with Gasteiger partial charge in [-0.2, -0.15) is 0 Å². The predicted molar refractivity (Wildman–Crippen MR) is 75.7 cm³/mol. The van der Waals surface area contributed by atoms with E-state index in [0.717, 1.165) is 24.3 Å². The maximum absolute atomic E-state index is 12.1. The zero-order chi connectivity index (χ0) is 17.8. The fourth-order valence-corrected chi connectivity index (χ4v) is 2.96.